The highest BCUT2D eigenvalue weighted by molar-refractivity contribution is 7.80. The zero-order valence-electron chi connectivity index (χ0n) is 5.55. The topological polar surface area (TPSA) is 37.3 Å². The second-order valence-corrected chi connectivity index (χ2v) is 2.84. The van der Waals surface area contributed by atoms with Gasteiger partial charge in [0.05, 0.1) is 5.92 Å². The van der Waals surface area contributed by atoms with Crippen LogP contribution in [0, 0.1) is 5.92 Å². The van der Waals surface area contributed by atoms with Crippen LogP contribution in [0.2, 0.25) is 0 Å². The molecule has 1 N–H and O–H groups in total. The maximum Gasteiger partial charge on any atom is 0.306 e. The third-order valence-electron chi connectivity index (χ3n) is 1.02. The summed E-state index contributed by atoms with van der Waals surface area (Å²) in [5, 5.41) is 8.37. The second-order valence-electron chi connectivity index (χ2n) is 2.15. The Morgan fingerprint density at radius 3 is 2.33 bits per heavy atom. The number of hydrogen-bond donors (Lipinski definition) is 1. The molecular weight excluding hydrogens is 136 g/mol. The SMILES string of the molecule is CC(=S)C[C@H](C)C(=O)O. The number of aliphatic carboxylic acids is 1. The van der Waals surface area contributed by atoms with Crippen molar-refractivity contribution in [3.05, 3.63) is 0 Å². The van der Waals surface area contributed by atoms with Gasteiger partial charge in [0.25, 0.3) is 0 Å². The Hall–Kier alpha value is -0.440. The lowest BCUT2D eigenvalue weighted by molar-refractivity contribution is -0.140. The molecule has 3 heteroatoms. The normalized spacial score (nSPS) is 12.7. The predicted octanol–water partition coefficient (Wildman–Crippen LogP) is 1.49. The number of carboxylic acids is 1. The molecule has 0 aliphatic rings. The Kier molecular flexibility index (Phi) is 3.39. The maximum absolute atomic E-state index is 10.2. The second kappa shape index (κ2) is 3.56. The van der Waals surface area contributed by atoms with Crippen molar-refractivity contribution in [2.24, 2.45) is 5.92 Å². The largest absolute Gasteiger partial charge is 0.481 e. The number of carboxylic acid groups (broad SMARTS) is 1. The molecule has 0 unspecified atom stereocenters. The van der Waals surface area contributed by atoms with E-state index in [9.17, 15) is 4.79 Å². The molecule has 0 fully saturated rings. The number of thiocarbonyl (C=S) groups is 1. The van der Waals surface area contributed by atoms with Crippen LogP contribution in [-0.4, -0.2) is 15.9 Å². The van der Waals surface area contributed by atoms with Gasteiger partial charge in [-0.05, 0) is 18.2 Å². The van der Waals surface area contributed by atoms with E-state index >= 15 is 0 Å². The summed E-state index contributed by atoms with van der Waals surface area (Å²) in [4.78, 5) is 10.9. The van der Waals surface area contributed by atoms with Crippen molar-refractivity contribution in [2.45, 2.75) is 20.3 Å². The Morgan fingerprint density at radius 1 is 1.78 bits per heavy atom. The molecule has 0 aromatic heterocycles. The highest BCUT2D eigenvalue weighted by atomic mass is 32.1. The Labute approximate surface area is 59.9 Å². The first kappa shape index (κ1) is 8.56. The van der Waals surface area contributed by atoms with Crippen molar-refractivity contribution in [1.82, 2.24) is 0 Å². The average Bonchev–Trinajstić information content (AvgIpc) is 1.63. The summed E-state index contributed by atoms with van der Waals surface area (Å²) in [5.41, 5.74) is 0. The number of hydrogen-bond acceptors (Lipinski definition) is 2. The highest BCUT2D eigenvalue weighted by Gasteiger charge is 2.10. The van der Waals surface area contributed by atoms with Gasteiger partial charge in [-0.3, -0.25) is 4.79 Å². The minimum atomic E-state index is -0.779. The molecule has 9 heavy (non-hydrogen) atoms. The minimum absolute atomic E-state index is 0.331. The quantitative estimate of drug-likeness (QED) is 0.613. The molecule has 1 atom stereocenters. The summed E-state index contributed by atoms with van der Waals surface area (Å²) in [6.45, 7) is 3.41. The fraction of sp³-hybridized carbons (Fsp3) is 0.667. The van der Waals surface area contributed by atoms with Crippen LogP contribution in [0.3, 0.4) is 0 Å². The van der Waals surface area contributed by atoms with Gasteiger partial charge in [-0.1, -0.05) is 19.1 Å². The van der Waals surface area contributed by atoms with Gasteiger partial charge in [0.1, 0.15) is 0 Å². The molecule has 0 amide bonds. The molecule has 0 saturated heterocycles. The lowest BCUT2D eigenvalue weighted by Crippen LogP contribution is -2.11. The van der Waals surface area contributed by atoms with Crippen LogP contribution >= 0.6 is 12.2 Å². The van der Waals surface area contributed by atoms with E-state index in [-0.39, 0.29) is 5.92 Å². The van der Waals surface area contributed by atoms with Crippen LogP contribution in [0.1, 0.15) is 20.3 Å². The van der Waals surface area contributed by atoms with Gasteiger partial charge in [0.2, 0.25) is 0 Å². The van der Waals surface area contributed by atoms with Crippen LogP contribution in [0.25, 0.3) is 0 Å². The molecule has 52 valence electrons. The van der Waals surface area contributed by atoms with Gasteiger partial charge in [0, 0.05) is 0 Å². The number of carbonyl (C=O) groups is 1. The average molecular weight is 146 g/mol. The fourth-order valence-corrected chi connectivity index (χ4v) is 0.768. The Morgan fingerprint density at radius 2 is 2.22 bits per heavy atom. The van der Waals surface area contributed by atoms with Crippen molar-refractivity contribution in [3.63, 3.8) is 0 Å². The summed E-state index contributed by atoms with van der Waals surface area (Å²) in [6, 6.07) is 0. The summed E-state index contributed by atoms with van der Waals surface area (Å²) < 4.78 is 0. The lowest BCUT2D eigenvalue weighted by atomic mass is 10.1. The van der Waals surface area contributed by atoms with Crippen LogP contribution in [-0.2, 0) is 4.79 Å². The van der Waals surface area contributed by atoms with E-state index in [4.69, 9.17) is 17.3 Å². The Bertz CT molecular complexity index is 131. The van der Waals surface area contributed by atoms with Gasteiger partial charge in [-0.15, -0.1) is 0 Å². The van der Waals surface area contributed by atoms with E-state index in [1.807, 2.05) is 0 Å². The van der Waals surface area contributed by atoms with Gasteiger partial charge < -0.3 is 5.11 Å². The first-order chi connectivity index (χ1) is 4.04. The van der Waals surface area contributed by atoms with E-state index in [0.29, 0.717) is 6.42 Å². The molecule has 0 aliphatic heterocycles. The van der Waals surface area contributed by atoms with Gasteiger partial charge >= 0.3 is 5.97 Å². The van der Waals surface area contributed by atoms with E-state index in [2.05, 4.69) is 0 Å². The van der Waals surface area contributed by atoms with Crippen LogP contribution < -0.4 is 0 Å². The van der Waals surface area contributed by atoms with E-state index in [1.165, 1.54) is 0 Å². The first-order valence-electron chi connectivity index (χ1n) is 2.76. The van der Waals surface area contributed by atoms with Crippen LogP contribution in [0.5, 0.6) is 0 Å². The summed E-state index contributed by atoms with van der Waals surface area (Å²) in [5.74, 6) is -1.11. The molecular formula is C6H10O2S. The van der Waals surface area contributed by atoms with Crippen molar-refractivity contribution in [2.75, 3.05) is 0 Å². The first-order valence-corrected chi connectivity index (χ1v) is 3.17. The van der Waals surface area contributed by atoms with Crippen LogP contribution in [0.15, 0.2) is 0 Å². The standard InChI is InChI=1S/C6H10O2S/c1-4(6(7)8)3-5(2)9/h4H,3H2,1-2H3,(H,7,8)/t4-/m0/s1. The smallest absolute Gasteiger partial charge is 0.306 e. The van der Waals surface area contributed by atoms with Crippen molar-refractivity contribution in [3.8, 4) is 0 Å². The third kappa shape index (κ3) is 4.09. The zero-order valence-corrected chi connectivity index (χ0v) is 6.36. The van der Waals surface area contributed by atoms with E-state index in [0.717, 1.165) is 4.86 Å². The highest BCUT2D eigenvalue weighted by Crippen LogP contribution is 2.02. The van der Waals surface area contributed by atoms with Gasteiger partial charge in [-0.25, -0.2) is 0 Å². The zero-order chi connectivity index (χ0) is 7.44. The fourth-order valence-electron chi connectivity index (χ4n) is 0.518. The lowest BCUT2D eigenvalue weighted by Gasteiger charge is -2.01. The molecule has 0 aromatic rings. The third-order valence-corrected chi connectivity index (χ3v) is 1.18. The number of rotatable bonds is 3. The van der Waals surface area contributed by atoms with Crippen molar-refractivity contribution >= 4 is 23.1 Å². The van der Waals surface area contributed by atoms with Crippen molar-refractivity contribution < 1.29 is 9.90 Å². The van der Waals surface area contributed by atoms with E-state index in [1.54, 1.807) is 13.8 Å². The molecule has 0 heterocycles. The minimum Gasteiger partial charge on any atom is -0.481 e. The summed E-state index contributed by atoms with van der Waals surface area (Å²) >= 11 is 4.73. The molecule has 2 nitrogen and oxygen atoms in total. The maximum atomic E-state index is 10.2. The van der Waals surface area contributed by atoms with Crippen molar-refractivity contribution in [1.29, 1.82) is 0 Å². The monoisotopic (exact) mass is 146 g/mol. The summed E-state index contributed by atoms with van der Waals surface area (Å²) in [6.07, 6.45) is 0.505. The predicted molar refractivity (Wildman–Crippen MR) is 39.7 cm³/mol. The molecule has 0 aromatic carbocycles. The Balaban J connectivity index is 3.63. The van der Waals surface area contributed by atoms with Gasteiger partial charge in [0.15, 0.2) is 0 Å². The molecule has 0 spiro atoms. The van der Waals surface area contributed by atoms with Crippen LogP contribution in [0.4, 0.5) is 0 Å². The molecule has 0 aliphatic carbocycles. The molecule has 0 saturated carbocycles. The molecule has 0 rings (SSSR count). The van der Waals surface area contributed by atoms with Gasteiger partial charge in [-0.2, -0.15) is 0 Å². The molecule has 0 radical (unpaired) electrons. The summed E-state index contributed by atoms with van der Waals surface area (Å²) in [7, 11) is 0. The van der Waals surface area contributed by atoms with E-state index < -0.39 is 5.97 Å². The molecule has 0 bridgehead atoms.